The van der Waals surface area contributed by atoms with Crippen molar-refractivity contribution >= 4 is 40.2 Å². The zero-order valence-electron chi connectivity index (χ0n) is 15.3. The summed E-state index contributed by atoms with van der Waals surface area (Å²) in [6.45, 7) is 3.74. The van der Waals surface area contributed by atoms with Gasteiger partial charge >= 0.3 is 0 Å². The summed E-state index contributed by atoms with van der Waals surface area (Å²) >= 11 is 5.99. The lowest BCUT2D eigenvalue weighted by Crippen LogP contribution is -2.36. The Balaban J connectivity index is 2.00. The number of carbonyl (C=O) groups excluding carboxylic acids is 1. The van der Waals surface area contributed by atoms with Gasteiger partial charge in [-0.25, -0.2) is 4.99 Å². The zero-order chi connectivity index (χ0) is 18.6. The molecule has 0 bridgehead atoms. The van der Waals surface area contributed by atoms with E-state index in [-0.39, 0.29) is 11.5 Å². The molecule has 0 heterocycles. The van der Waals surface area contributed by atoms with Crippen molar-refractivity contribution in [3.8, 4) is 0 Å². The lowest BCUT2D eigenvalue weighted by Gasteiger charge is -2.23. The van der Waals surface area contributed by atoms with Crippen molar-refractivity contribution in [1.29, 1.82) is 5.41 Å². The Labute approximate surface area is 154 Å². The van der Waals surface area contributed by atoms with E-state index in [9.17, 15) is 4.79 Å². The second kappa shape index (κ2) is 7.93. The monoisotopic (exact) mass is 361 g/mol. The van der Waals surface area contributed by atoms with Crippen LogP contribution in [0.1, 0.15) is 13.3 Å². The number of carbonyl (C=O) groups is 1. The highest BCUT2D eigenvalue weighted by atomic mass is 35.5. The summed E-state index contributed by atoms with van der Waals surface area (Å²) in [5, 5.41) is 10.4. The Morgan fingerprint density at radius 2 is 1.88 bits per heavy atom. The van der Waals surface area contributed by atoms with Gasteiger partial charge in [0.25, 0.3) is 0 Å². The fraction of sp³-hybridized carbons (Fsp3) is 0.421. The largest absolute Gasteiger partial charge is 0.385 e. The van der Waals surface area contributed by atoms with Gasteiger partial charge in [-0.2, -0.15) is 0 Å². The third-order valence-electron chi connectivity index (χ3n) is 3.95. The standard InChI is InChI=1S/C19H25ClN4O/c1-13-12-16(18(21)17(20)19(13)25)23-15-8-6-14(7-9-15)22-10-5-11-24(2,3)4/h6-9,12,17H,5,10-11H2,1-4H3,(H-,21,22,25)/p+1. The van der Waals surface area contributed by atoms with Gasteiger partial charge in [-0.05, 0) is 42.8 Å². The van der Waals surface area contributed by atoms with Crippen LogP contribution < -0.4 is 5.32 Å². The maximum Gasteiger partial charge on any atom is 0.182 e. The van der Waals surface area contributed by atoms with E-state index in [4.69, 9.17) is 17.0 Å². The Morgan fingerprint density at radius 3 is 2.48 bits per heavy atom. The average Bonchev–Trinajstić information content (AvgIpc) is 2.55. The zero-order valence-corrected chi connectivity index (χ0v) is 16.0. The number of alkyl halides is 1. The molecule has 134 valence electrons. The summed E-state index contributed by atoms with van der Waals surface area (Å²) < 4.78 is 0.959. The summed E-state index contributed by atoms with van der Waals surface area (Å²) in [6, 6.07) is 7.73. The highest BCUT2D eigenvalue weighted by Crippen LogP contribution is 2.21. The van der Waals surface area contributed by atoms with E-state index in [0.29, 0.717) is 11.3 Å². The number of nitrogens with one attached hydrogen (secondary N) is 2. The van der Waals surface area contributed by atoms with E-state index in [1.807, 2.05) is 24.3 Å². The van der Waals surface area contributed by atoms with Crippen LogP contribution in [0.5, 0.6) is 0 Å². The first-order chi connectivity index (χ1) is 11.7. The third kappa shape index (κ3) is 5.51. The molecule has 1 aliphatic rings. The van der Waals surface area contributed by atoms with E-state index in [0.717, 1.165) is 35.4 Å². The maximum absolute atomic E-state index is 11.8. The molecule has 0 saturated carbocycles. The summed E-state index contributed by atoms with van der Waals surface area (Å²) in [6.07, 6.45) is 2.72. The van der Waals surface area contributed by atoms with E-state index < -0.39 is 5.38 Å². The molecule has 0 fully saturated rings. The first-order valence-electron chi connectivity index (χ1n) is 8.36. The molecule has 0 spiro atoms. The first kappa shape index (κ1) is 19.3. The van der Waals surface area contributed by atoms with Crippen molar-refractivity contribution in [2.24, 2.45) is 4.99 Å². The van der Waals surface area contributed by atoms with Gasteiger partial charge in [-0.15, -0.1) is 11.6 Å². The molecule has 2 N–H and O–H groups in total. The molecule has 0 saturated heterocycles. The number of anilines is 1. The molecule has 5 nitrogen and oxygen atoms in total. The average molecular weight is 362 g/mol. The smallest absolute Gasteiger partial charge is 0.182 e. The lowest BCUT2D eigenvalue weighted by molar-refractivity contribution is -0.870. The molecule has 0 aromatic heterocycles. The predicted molar refractivity (Wildman–Crippen MR) is 106 cm³/mol. The van der Waals surface area contributed by atoms with Crippen LogP contribution in [0, 0.1) is 5.41 Å². The summed E-state index contributed by atoms with van der Waals surface area (Å²) in [7, 11) is 6.56. The third-order valence-corrected chi connectivity index (χ3v) is 4.37. The fourth-order valence-corrected chi connectivity index (χ4v) is 2.77. The number of rotatable bonds is 6. The van der Waals surface area contributed by atoms with Gasteiger partial charge in [-0.3, -0.25) is 4.79 Å². The molecule has 1 aromatic rings. The molecule has 0 aliphatic heterocycles. The van der Waals surface area contributed by atoms with Crippen LogP contribution in [0.3, 0.4) is 0 Å². The number of hydrogen-bond acceptors (Lipinski definition) is 4. The number of benzene rings is 1. The summed E-state index contributed by atoms with van der Waals surface area (Å²) in [5.74, 6) is -0.223. The number of aliphatic imine (C=N–C) groups is 1. The number of halogens is 1. The molecule has 6 heteroatoms. The molecule has 1 atom stereocenters. The Kier molecular flexibility index (Phi) is 6.14. The van der Waals surface area contributed by atoms with Crippen molar-refractivity contribution in [1.82, 2.24) is 0 Å². The SMILES string of the molecule is CC1=CC(=Nc2ccc(NCCC[N+](C)(C)C)cc2)C(=N)C(Cl)C1=O. The van der Waals surface area contributed by atoms with Crippen molar-refractivity contribution in [3.05, 3.63) is 35.9 Å². The topological polar surface area (TPSA) is 65.3 Å². The Hall–Kier alpha value is -1.98. The van der Waals surface area contributed by atoms with Gasteiger partial charge in [0, 0.05) is 18.7 Å². The fourth-order valence-electron chi connectivity index (χ4n) is 2.49. The molecule has 2 rings (SSSR count). The minimum Gasteiger partial charge on any atom is -0.385 e. The quantitative estimate of drug-likeness (QED) is 0.463. The number of Topliss-reactive ketones (excluding diaryl/α,β-unsaturated/α-hetero) is 1. The molecule has 1 aromatic carbocycles. The number of hydrogen-bond donors (Lipinski definition) is 2. The lowest BCUT2D eigenvalue weighted by atomic mass is 9.95. The highest BCUT2D eigenvalue weighted by molar-refractivity contribution is 6.63. The molecular formula is C19H26ClN4O+. The maximum atomic E-state index is 11.8. The van der Waals surface area contributed by atoms with E-state index in [1.54, 1.807) is 13.0 Å². The number of allylic oxidation sites excluding steroid dienone is 2. The number of nitrogens with zero attached hydrogens (tertiary/aromatic N) is 2. The van der Waals surface area contributed by atoms with Gasteiger partial charge in [-0.1, -0.05) is 0 Å². The van der Waals surface area contributed by atoms with Crippen LogP contribution in [-0.4, -0.2) is 61.3 Å². The molecule has 1 aliphatic carbocycles. The van der Waals surface area contributed by atoms with E-state index in [2.05, 4.69) is 31.5 Å². The second-order valence-electron chi connectivity index (χ2n) is 7.31. The summed E-state index contributed by atoms with van der Waals surface area (Å²) in [4.78, 5) is 16.2. The highest BCUT2D eigenvalue weighted by Gasteiger charge is 2.29. The van der Waals surface area contributed by atoms with Crippen LogP contribution in [0.15, 0.2) is 40.9 Å². The Morgan fingerprint density at radius 1 is 1.24 bits per heavy atom. The molecular weight excluding hydrogens is 336 g/mol. The van der Waals surface area contributed by atoms with E-state index in [1.165, 1.54) is 0 Å². The van der Waals surface area contributed by atoms with Gasteiger partial charge in [0.2, 0.25) is 0 Å². The normalized spacial score (nSPS) is 20.0. The minimum atomic E-state index is -0.939. The van der Waals surface area contributed by atoms with Gasteiger partial charge in [0.1, 0.15) is 5.38 Å². The molecule has 0 amide bonds. The van der Waals surface area contributed by atoms with Crippen LogP contribution in [0.25, 0.3) is 0 Å². The van der Waals surface area contributed by atoms with Crippen molar-refractivity contribution < 1.29 is 9.28 Å². The molecule has 0 radical (unpaired) electrons. The number of ketones is 1. The van der Waals surface area contributed by atoms with E-state index >= 15 is 0 Å². The minimum absolute atomic E-state index is 0.0553. The molecule has 1 unspecified atom stereocenters. The Bertz CT molecular complexity index is 714. The second-order valence-corrected chi connectivity index (χ2v) is 7.74. The van der Waals surface area contributed by atoms with Gasteiger partial charge in [0.15, 0.2) is 5.78 Å². The van der Waals surface area contributed by atoms with Gasteiger partial charge in [0.05, 0.1) is 44.8 Å². The number of quaternary nitrogens is 1. The summed E-state index contributed by atoms with van der Waals surface area (Å²) in [5.41, 5.74) is 2.81. The first-order valence-corrected chi connectivity index (χ1v) is 8.79. The van der Waals surface area contributed by atoms with Crippen LogP contribution in [0.4, 0.5) is 11.4 Å². The molecule has 25 heavy (non-hydrogen) atoms. The van der Waals surface area contributed by atoms with Crippen molar-refractivity contribution in [2.75, 3.05) is 39.5 Å². The van der Waals surface area contributed by atoms with Crippen LogP contribution in [0.2, 0.25) is 0 Å². The van der Waals surface area contributed by atoms with Crippen LogP contribution in [-0.2, 0) is 4.79 Å². The van der Waals surface area contributed by atoms with Crippen molar-refractivity contribution in [2.45, 2.75) is 18.7 Å². The van der Waals surface area contributed by atoms with Crippen molar-refractivity contribution in [3.63, 3.8) is 0 Å². The van der Waals surface area contributed by atoms with Crippen LogP contribution >= 0.6 is 11.6 Å². The predicted octanol–water partition coefficient (Wildman–Crippen LogP) is 3.42. The van der Waals surface area contributed by atoms with Gasteiger partial charge < -0.3 is 15.2 Å².